The smallest absolute Gasteiger partial charge is 0.225 e. The summed E-state index contributed by atoms with van der Waals surface area (Å²) in [5.41, 5.74) is 9.93. The fourth-order valence-electron chi connectivity index (χ4n) is 4.78. The van der Waals surface area contributed by atoms with Crippen molar-refractivity contribution in [2.75, 3.05) is 30.4 Å². The van der Waals surface area contributed by atoms with Crippen molar-refractivity contribution in [3.8, 4) is 6.07 Å². The van der Waals surface area contributed by atoms with Gasteiger partial charge in [-0.2, -0.15) is 5.26 Å². The highest BCUT2D eigenvalue weighted by atomic mass is 35.5. The number of alkyl halides is 1. The van der Waals surface area contributed by atoms with E-state index in [2.05, 4.69) is 46.3 Å². The van der Waals surface area contributed by atoms with Crippen molar-refractivity contribution in [2.45, 2.75) is 33.0 Å². The maximum Gasteiger partial charge on any atom is 0.225 e. The van der Waals surface area contributed by atoms with E-state index in [4.69, 9.17) is 22.1 Å². The number of fused-ring (bicyclic) bond motifs is 1. The summed E-state index contributed by atoms with van der Waals surface area (Å²) in [6, 6.07) is 2.45. The minimum absolute atomic E-state index is 0.273. The molecule has 35 heavy (non-hydrogen) atoms. The molecule has 5 heterocycles. The summed E-state index contributed by atoms with van der Waals surface area (Å²) in [5.74, 6) is 1.08. The molecule has 0 amide bonds. The number of nitriles is 1. The van der Waals surface area contributed by atoms with Gasteiger partial charge >= 0.3 is 0 Å². The number of hydrogen-bond donors (Lipinski definition) is 1. The molecular weight excluding hydrogens is 487 g/mol. The van der Waals surface area contributed by atoms with E-state index in [-0.39, 0.29) is 13.2 Å². The molecule has 7 nitrogen and oxygen atoms in total. The Morgan fingerprint density at radius 2 is 2.17 bits per heavy atom. The fourth-order valence-corrected chi connectivity index (χ4v) is 5.96. The van der Waals surface area contributed by atoms with Crippen molar-refractivity contribution >= 4 is 55.1 Å². The molecule has 1 fully saturated rings. The predicted molar refractivity (Wildman–Crippen MR) is 138 cm³/mol. The SMILES string of the molecule is C=C(C1=C(c2cnc(N3CCC(C)C3C)nc2CF)COC1)c1ncc(Cl)c2sc(N)c(C#N)c12. The zero-order valence-electron chi connectivity index (χ0n) is 19.4. The first-order chi connectivity index (χ1) is 16.8. The van der Waals surface area contributed by atoms with Crippen LogP contribution in [0.4, 0.5) is 15.3 Å². The van der Waals surface area contributed by atoms with Crippen LogP contribution in [0.1, 0.15) is 42.8 Å². The molecule has 1 saturated heterocycles. The van der Waals surface area contributed by atoms with E-state index in [9.17, 15) is 9.65 Å². The van der Waals surface area contributed by atoms with E-state index in [1.54, 1.807) is 6.20 Å². The number of nitrogen functional groups attached to an aromatic ring is 1. The zero-order valence-corrected chi connectivity index (χ0v) is 21.0. The molecule has 3 aromatic heterocycles. The first kappa shape index (κ1) is 23.7. The number of aromatic nitrogens is 3. The van der Waals surface area contributed by atoms with E-state index < -0.39 is 6.67 Å². The molecular formula is C25H24ClFN6OS. The quantitative estimate of drug-likeness (QED) is 0.490. The Hall–Kier alpha value is -3.06. The standard InChI is InChI=1S/C25H24ClFN6OS/c1-12-4-5-33(14(12)3)25-31-8-16(20(6-27)32-25)18-11-34-10-17(18)13(2)22-21-15(7-28)24(29)35-23(21)19(26)9-30-22/h8-9,12,14H,2,4-6,10-11,29H2,1,3H3. The Kier molecular flexibility index (Phi) is 6.21. The molecule has 0 spiro atoms. The second-order valence-electron chi connectivity index (χ2n) is 8.90. The number of anilines is 2. The van der Waals surface area contributed by atoms with E-state index in [1.165, 1.54) is 17.5 Å². The number of nitrogens with zero attached hydrogens (tertiary/aromatic N) is 5. The van der Waals surface area contributed by atoms with Gasteiger partial charge in [0, 0.05) is 35.9 Å². The Balaban J connectivity index is 1.60. The van der Waals surface area contributed by atoms with E-state index in [0.717, 1.165) is 24.1 Å². The first-order valence-corrected chi connectivity index (χ1v) is 12.5. The van der Waals surface area contributed by atoms with Crippen LogP contribution in [-0.2, 0) is 11.4 Å². The Labute approximate surface area is 211 Å². The highest BCUT2D eigenvalue weighted by molar-refractivity contribution is 7.23. The van der Waals surface area contributed by atoms with Crippen LogP contribution in [0.2, 0.25) is 5.02 Å². The topological polar surface area (TPSA) is 101 Å². The number of thiophene rings is 1. The minimum atomic E-state index is -0.727. The molecule has 180 valence electrons. The van der Waals surface area contributed by atoms with Crippen LogP contribution in [-0.4, -0.2) is 40.8 Å². The van der Waals surface area contributed by atoms with Gasteiger partial charge in [-0.15, -0.1) is 11.3 Å². The van der Waals surface area contributed by atoms with Crippen LogP contribution < -0.4 is 10.6 Å². The molecule has 10 heteroatoms. The second-order valence-corrected chi connectivity index (χ2v) is 10.4. The third kappa shape index (κ3) is 3.86. The lowest BCUT2D eigenvalue weighted by atomic mass is 9.94. The molecule has 0 aliphatic carbocycles. The number of pyridine rings is 1. The van der Waals surface area contributed by atoms with E-state index in [0.29, 0.717) is 66.1 Å². The molecule has 0 aromatic carbocycles. The van der Waals surface area contributed by atoms with Crippen molar-refractivity contribution < 1.29 is 9.13 Å². The first-order valence-electron chi connectivity index (χ1n) is 11.3. The molecule has 2 N–H and O–H groups in total. The Morgan fingerprint density at radius 3 is 2.86 bits per heavy atom. The van der Waals surface area contributed by atoms with Gasteiger partial charge in [-0.05, 0) is 36.0 Å². The van der Waals surface area contributed by atoms with Gasteiger partial charge in [0.1, 0.15) is 17.7 Å². The van der Waals surface area contributed by atoms with Gasteiger partial charge in [0.05, 0.1) is 39.9 Å². The summed E-state index contributed by atoms with van der Waals surface area (Å²) >= 11 is 7.58. The van der Waals surface area contributed by atoms with Crippen LogP contribution in [0.15, 0.2) is 24.5 Å². The highest BCUT2D eigenvalue weighted by Crippen LogP contribution is 2.43. The monoisotopic (exact) mass is 510 g/mol. The lowest BCUT2D eigenvalue weighted by Crippen LogP contribution is -2.31. The van der Waals surface area contributed by atoms with E-state index in [1.807, 2.05) is 0 Å². The number of hydrogen-bond acceptors (Lipinski definition) is 8. The molecule has 5 rings (SSSR count). The fraction of sp³-hybridized carbons (Fsp3) is 0.360. The van der Waals surface area contributed by atoms with Gasteiger partial charge in [0.25, 0.3) is 0 Å². The van der Waals surface area contributed by atoms with Crippen LogP contribution in [0, 0.1) is 17.2 Å². The third-order valence-electron chi connectivity index (χ3n) is 7.02. The molecule has 0 bridgehead atoms. The molecule has 2 aliphatic rings. The molecule has 2 atom stereocenters. The number of halogens is 2. The number of nitrogens with two attached hydrogens (primary N) is 1. The molecule has 0 saturated carbocycles. The largest absolute Gasteiger partial charge is 0.389 e. The van der Waals surface area contributed by atoms with Gasteiger partial charge < -0.3 is 15.4 Å². The summed E-state index contributed by atoms with van der Waals surface area (Å²) in [6.45, 7) is 9.29. The van der Waals surface area contributed by atoms with Crippen molar-refractivity contribution in [1.29, 1.82) is 5.26 Å². The van der Waals surface area contributed by atoms with E-state index >= 15 is 0 Å². The maximum absolute atomic E-state index is 14.2. The average molecular weight is 511 g/mol. The summed E-state index contributed by atoms with van der Waals surface area (Å²) in [5, 5.41) is 11.1. The summed E-state index contributed by atoms with van der Waals surface area (Å²) in [6.07, 6.45) is 4.26. The second kappa shape index (κ2) is 9.19. The predicted octanol–water partition coefficient (Wildman–Crippen LogP) is 5.39. The highest BCUT2D eigenvalue weighted by Gasteiger charge is 2.31. The normalized spacial score (nSPS) is 20.1. The summed E-state index contributed by atoms with van der Waals surface area (Å²) in [4.78, 5) is 15.8. The lowest BCUT2D eigenvalue weighted by molar-refractivity contribution is 0.213. The summed E-state index contributed by atoms with van der Waals surface area (Å²) in [7, 11) is 0. The molecule has 2 unspecified atom stereocenters. The van der Waals surface area contributed by atoms with Crippen molar-refractivity contribution in [2.24, 2.45) is 5.92 Å². The van der Waals surface area contributed by atoms with Gasteiger partial charge in [0.2, 0.25) is 5.95 Å². The maximum atomic E-state index is 14.2. The van der Waals surface area contributed by atoms with Crippen LogP contribution in [0.5, 0.6) is 0 Å². The Morgan fingerprint density at radius 1 is 1.37 bits per heavy atom. The minimum Gasteiger partial charge on any atom is -0.389 e. The molecule has 0 radical (unpaired) electrons. The molecule has 3 aromatic rings. The van der Waals surface area contributed by atoms with Crippen molar-refractivity contribution in [1.82, 2.24) is 15.0 Å². The van der Waals surface area contributed by atoms with Crippen LogP contribution in [0.3, 0.4) is 0 Å². The van der Waals surface area contributed by atoms with Gasteiger partial charge in [-0.25, -0.2) is 14.4 Å². The van der Waals surface area contributed by atoms with Crippen molar-refractivity contribution in [3.63, 3.8) is 0 Å². The Bertz CT molecular complexity index is 1430. The average Bonchev–Trinajstić information content (AvgIpc) is 3.56. The number of rotatable bonds is 5. The van der Waals surface area contributed by atoms with Gasteiger partial charge in [-0.3, -0.25) is 4.98 Å². The van der Waals surface area contributed by atoms with Gasteiger partial charge in [0.15, 0.2) is 0 Å². The third-order valence-corrected chi connectivity index (χ3v) is 8.47. The summed E-state index contributed by atoms with van der Waals surface area (Å²) < 4.78 is 20.7. The molecule has 2 aliphatic heterocycles. The zero-order chi connectivity index (χ0) is 24.9. The van der Waals surface area contributed by atoms with Crippen molar-refractivity contribution in [3.05, 3.63) is 52.1 Å². The lowest BCUT2D eigenvalue weighted by Gasteiger charge is -2.24. The van der Waals surface area contributed by atoms with Crippen LogP contribution >= 0.6 is 22.9 Å². The van der Waals surface area contributed by atoms with Gasteiger partial charge in [-0.1, -0.05) is 25.1 Å². The number of ether oxygens (including phenoxy) is 1. The van der Waals surface area contributed by atoms with Crippen LogP contribution in [0.25, 0.3) is 21.2 Å².